The average molecular weight is 193 g/mol. The summed E-state index contributed by atoms with van der Waals surface area (Å²) in [6, 6.07) is 0. The normalized spacial score (nSPS) is 46.0. The molecule has 0 bridgehead atoms. The van der Waals surface area contributed by atoms with Crippen molar-refractivity contribution in [2.75, 3.05) is 0 Å². The van der Waals surface area contributed by atoms with Crippen molar-refractivity contribution in [3.63, 3.8) is 0 Å². The Hall–Kier alpha value is -0.730. The molecule has 0 spiro atoms. The van der Waals surface area contributed by atoms with Gasteiger partial charge in [-0.05, 0) is 0 Å². The van der Waals surface area contributed by atoms with E-state index in [1.165, 1.54) is 0 Å². The Kier molecular flexibility index (Phi) is 2.84. The van der Waals surface area contributed by atoms with Crippen LogP contribution in [0.1, 0.15) is 0 Å². The van der Waals surface area contributed by atoms with E-state index < -0.39 is 36.7 Å². The summed E-state index contributed by atoms with van der Waals surface area (Å²) in [6.07, 6.45) is -9.00. The van der Waals surface area contributed by atoms with Crippen molar-refractivity contribution in [3.05, 3.63) is 0 Å². The molecule has 1 heterocycles. The topological polar surface area (TPSA) is 130 Å². The van der Waals surface area contributed by atoms with Crippen molar-refractivity contribution in [1.82, 2.24) is 0 Å². The fourth-order valence-corrected chi connectivity index (χ4v) is 1.06. The van der Waals surface area contributed by atoms with Gasteiger partial charge in [-0.25, -0.2) is 0 Å². The van der Waals surface area contributed by atoms with E-state index in [1.54, 1.807) is 0 Å². The first-order valence-corrected chi connectivity index (χ1v) is 3.53. The maximum absolute atomic E-state index is 10.3. The maximum atomic E-state index is 10.3. The highest BCUT2D eigenvalue weighted by Crippen LogP contribution is 2.19. The van der Waals surface area contributed by atoms with Crippen molar-refractivity contribution in [2.24, 2.45) is 0 Å². The lowest BCUT2D eigenvalue weighted by molar-refractivity contribution is -0.345. The predicted molar refractivity (Wildman–Crippen MR) is 33.9 cm³/mol. The second-order valence-corrected chi connectivity index (χ2v) is 2.74. The summed E-state index contributed by atoms with van der Waals surface area (Å²) in [6.45, 7) is 0. The minimum absolute atomic E-state index is 1.73. The Labute approximate surface area is 72.8 Å². The minimum atomic E-state index is -1.85. The third-order valence-corrected chi connectivity index (χ3v) is 1.82. The Balaban J connectivity index is 2.76. The van der Waals surface area contributed by atoms with Crippen LogP contribution in [-0.2, 0) is 9.53 Å². The largest absolute Gasteiger partial charge is 0.547 e. The summed E-state index contributed by atoms with van der Waals surface area (Å²) < 4.78 is 4.28. The number of carbonyl (C=O) groups excluding carboxylic acids is 1. The second-order valence-electron chi connectivity index (χ2n) is 2.74. The molecular weight excluding hydrogens is 184 g/mol. The van der Waals surface area contributed by atoms with Crippen molar-refractivity contribution < 1.29 is 35.1 Å². The number of aliphatic carboxylic acids is 1. The quantitative estimate of drug-likeness (QED) is 0.330. The minimum Gasteiger partial charge on any atom is -0.547 e. The fraction of sp³-hybridized carbons (Fsp3) is 0.833. The molecule has 0 aromatic heterocycles. The molecule has 4 N–H and O–H groups in total. The standard InChI is InChI=1S/C6H10O7/c7-1-2(8)4(5(10)11)13-6(12)3(1)9/h1-4,6-9,12H,(H,10,11)/p-1/t1-,2+,3?,4?,6-/m1/s1. The number of rotatable bonds is 1. The molecule has 5 atom stereocenters. The van der Waals surface area contributed by atoms with Crippen LogP contribution in [0.5, 0.6) is 0 Å². The molecular formula is C6H9O7-. The fourth-order valence-electron chi connectivity index (χ4n) is 1.06. The van der Waals surface area contributed by atoms with Gasteiger partial charge in [0.05, 0.1) is 5.97 Å². The SMILES string of the molecule is O=C([O-])C1O[C@@H](O)C(O)[C@H](O)[C@@H]1O. The van der Waals surface area contributed by atoms with Crippen LogP contribution in [0.15, 0.2) is 0 Å². The van der Waals surface area contributed by atoms with Crippen molar-refractivity contribution >= 4 is 5.97 Å². The molecule has 0 radical (unpaired) electrons. The lowest BCUT2D eigenvalue weighted by Gasteiger charge is -2.38. The zero-order valence-corrected chi connectivity index (χ0v) is 6.40. The molecule has 1 fully saturated rings. The highest BCUT2D eigenvalue weighted by Gasteiger charge is 2.43. The first-order chi connectivity index (χ1) is 5.95. The van der Waals surface area contributed by atoms with Crippen LogP contribution < -0.4 is 5.11 Å². The smallest absolute Gasteiger partial charge is 0.184 e. The molecule has 1 saturated heterocycles. The second kappa shape index (κ2) is 3.56. The van der Waals surface area contributed by atoms with Crippen LogP contribution in [-0.4, -0.2) is 57.1 Å². The van der Waals surface area contributed by atoms with E-state index in [0.717, 1.165) is 0 Å². The molecule has 0 amide bonds. The molecule has 7 heteroatoms. The number of carbonyl (C=O) groups is 1. The molecule has 1 aliphatic heterocycles. The lowest BCUT2D eigenvalue weighted by atomic mass is 9.99. The predicted octanol–water partition coefficient (Wildman–Crippen LogP) is -4.46. The number of aliphatic hydroxyl groups excluding tert-OH is 4. The van der Waals surface area contributed by atoms with Gasteiger partial charge in [0, 0.05) is 0 Å². The Morgan fingerprint density at radius 3 is 2.08 bits per heavy atom. The van der Waals surface area contributed by atoms with Crippen LogP contribution in [0.3, 0.4) is 0 Å². The summed E-state index contributed by atoms with van der Waals surface area (Å²) in [7, 11) is 0. The molecule has 0 aliphatic carbocycles. The number of hydrogen-bond donors (Lipinski definition) is 4. The van der Waals surface area contributed by atoms with Gasteiger partial charge in [-0.15, -0.1) is 0 Å². The van der Waals surface area contributed by atoms with Gasteiger partial charge in [0.1, 0.15) is 24.4 Å². The first kappa shape index (κ1) is 10.4. The summed E-state index contributed by atoms with van der Waals surface area (Å²) in [5, 5.41) is 46.1. The van der Waals surface area contributed by atoms with Crippen LogP contribution in [0.2, 0.25) is 0 Å². The van der Waals surface area contributed by atoms with Gasteiger partial charge >= 0.3 is 0 Å². The van der Waals surface area contributed by atoms with Crippen molar-refractivity contribution in [3.8, 4) is 0 Å². The molecule has 13 heavy (non-hydrogen) atoms. The van der Waals surface area contributed by atoms with Gasteiger partial charge in [-0.2, -0.15) is 0 Å². The summed E-state index contributed by atoms with van der Waals surface area (Å²) in [5.41, 5.74) is 0. The van der Waals surface area contributed by atoms with Gasteiger partial charge in [0.2, 0.25) is 0 Å². The molecule has 0 aromatic rings. The average Bonchev–Trinajstić information content (AvgIpc) is 2.07. The monoisotopic (exact) mass is 193 g/mol. The Bertz CT molecular complexity index is 205. The van der Waals surface area contributed by atoms with Crippen molar-refractivity contribution in [2.45, 2.75) is 30.7 Å². The molecule has 1 aliphatic rings. The number of ether oxygens (including phenoxy) is 1. The van der Waals surface area contributed by atoms with Crippen LogP contribution >= 0.6 is 0 Å². The zero-order chi connectivity index (χ0) is 10.2. The highest BCUT2D eigenvalue weighted by atomic mass is 16.6. The Morgan fingerprint density at radius 1 is 1.08 bits per heavy atom. The van der Waals surface area contributed by atoms with Crippen LogP contribution in [0, 0.1) is 0 Å². The summed E-state index contributed by atoms with van der Waals surface area (Å²) in [4.78, 5) is 10.3. The van der Waals surface area contributed by atoms with Crippen molar-refractivity contribution in [1.29, 1.82) is 0 Å². The molecule has 0 aromatic carbocycles. The van der Waals surface area contributed by atoms with Gasteiger partial charge < -0.3 is 35.1 Å². The van der Waals surface area contributed by atoms with E-state index in [4.69, 9.17) is 20.4 Å². The number of aliphatic hydroxyl groups is 4. The molecule has 76 valence electrons. The highest BCUT2D eigenvalue weighted by molar-refractivity contribution is 5.71. The first-order valence-electron chi connectivity index (χ1n) is 3.53. The van der Waals surface area contributed by atoms with E-state index in [9.17, 15) is 9.90 Å². The van der Waals surface area contributed by atoms with Gasteiger partial charge in [0.15, 0.2) is 6.29 Å². The maximum Gasteiger partial charge on any atom is 0.184 e. The van der Waals surface area contributed by atoms with E-state index in [1.807, 2.05) is 0 Å². The number of hydrogen-bond acceptors (Lipinski definition) is 7. The summed E-state index contributed by atoms with van der Waals surface area (Å²) >= 11 is 0. The number of carboxylic acid groups (broad SMARTS) is 1. The van der Waals surface area contributed by atoms with Gasteiger partial charge in [-0.1, -0.05) is 0 Å². The van der Waals surface area contributed by atoms with Gasteiger partial charge in [-0.3, -0.25) is 0 Å². The third kappa shape index (κ3) is 1.79. The van der Waals surface area contributed by atoms with E-state index in [-0.39, 0.29) is 0 Å². The number of carboxylic acids is 1. The lowest BCUT2D eigenvalue weighted by Crippen LogP contribution is -2.62. The summed E-state index contributed by atoms with van der Waals surface area (Å²) in [5.74, 6) is -1.77. The molecule has 0 saturated carbocycles. The molecule has 2 unspecified atom stereocenters. The molecule has 1 rings (SSSR count). The van der Waals surface area contributed by atoms with E-state index in [2.05, 4.69) is 4.74 Å². The zero-order valence-electron chi connectivity index (χ0n) is 6.40. The third-order valence-electron chi connectivity index (χ3n) is 1.82. The Morgan fingerprint density at radius 2 is 1.62 bits per heavy atom. The van der Waals surface area contributed by atoms with Crippen LogP contribution in [0.25, 0.3) is 0 Å². The molecule has 7 nitrogen and oxygen atoms in total. The van der Waals surface area contributed by atoms with E-state index >= 15 is 0 Å². The van der Waals surface area contributed by atoms with Crippen LogP contribution in [0.4, 0.5) is 0 Å². The van der Waals surface area contributed by atoms with E-state index in [0.29, 0.717) is 0 Å². The van der Waals surface area contributed by atoms with Gasteiger partial charge in [0.25, 0.3) is 0 Å².